The number of aryl methyl sites for hydroxylation is 1. The lowest BCUT2D eigenvalue weighted by atomic mass is 10.0. The Morgan fingerprint density at radius 3 is 2.71 bits per heavy atom. The van der Waals surface area contributed by atoms with Crippen LogP contribution in [-0.4, -0.2) is 0 Å². The fourth-order valence-corrected chi connectivity index (χ4v) is 2.97. The Morgan fingerprint density at radius 1 is 1.17 bits per heavy atom. The Hall–Kier alpha value is -2.26. The molecule has 0 amide bonds. The fraction of sp³-hybridized carbons (Fsp3) is 0.250. The number of fused-ring (bicyclic) bond motifs is 1. The summed E-state index contributed by atoms with van der Waals surface area (Å²) in [6, 6.07) is 13.1. The monoisotopic (exact) mass is 342 g/mol. The van der Waals surface area contributed by atoms with Crippen LogP contribution in [0.4, 0.5) is 0 Å². The predicted molar refractivity (Wildman–Crippen MR) is 97.0 cm³/mol. The van der Waals surface area contributed by atoms with Crippen molar-refractivity contribution >= 4 is 22.6 Å². The SMILES string of the molecule is CCCc1c(C)c2ccc(OCc3ccccc3Cl)cc2oc1=O. The minimum absolute atomic E-state index is 0.259. The lowest BCUT2D eigenvalue weighted by Gasteiger charge is -2.10. The molecule has 124 valence electrons. The average molecular weight is 343 g/mol. The van der Waals surface area contributed by atoms with E-state index in [-0.39, 0.29) is 5.63 Å². The van der Waals surface area contributed by atoms with Gasteiger partial charge in [0.15, 0.2) is 0 Å². The van der Waals surface area contributed by atoms with Gasteiger partial charge in [-0.3, -0.25) is 0 Å². The summed E-state index contributed by atoms with van der Waals surface area (Å²) in [5, 5.41) is 1.62. The highest BCUT2D eigenvalue weighted by molar-refractivity contribution is 6.31. The molecule has 3 aromatic rings. The van der Waals surface area contributed by atoms with Crippen molar-refractivity contribution < 1.29 is 9.15 Å². The van der Waals surface area contributed by atoms with Crippen molar-refractivity contribution in [3.8, 4) is 5.75 Å². The maximum atomic E-state index is 12.2. The molecule has 0 radical (unpaired) electrons. The van der Waals surface area contributed by atoms with Crippen LogP contribution in [0.5, 0.6) is 5.75 Å². The van der Waals surface area contributed by atoms with Crippen LogP contribution in [0.15, 0.2) is 51.7 Å². The van der Waals surface area contributed by atoms with Crippen LogP contribution in [0, 0.1) is 6.92 Å². The van der Waals surface area contributed by atoms with Gasteiger partial charge in [0.05, 0.1) is 0 Å². The third-order valence-corrected chi connectivity index (χ3v) is 4.48. The summed E-state index contributed by atoms with van der Waals surface area (Å²) in [4.78, 5) is 12.2. The van der Waals surface area contributed by atoms with E-state index >= 15 is 0 Å². The average Bonchev–Trinajstić information content (AvgIpc) is 2.57. The van der Waals surface area contributed by atoms with E-state index in [1.807, 2.05) is 43.3 Å². The summed E-state index contributed by atoms with van der Waals surface area (Å²) in [7, 11) is 0. The second-order valence-electron chi connectivity index (χ2n) is 5.78. The summed E-state index contributed by atoms with van der Waals surface area (Å²) in [5.41, 5.74) is 2.95. The lowest BCUT2D eigenvalue weighted by molar-refractivity contribution is 0.306. The zero-order valence-corrected chi connectivity index (χ0v) is 14.5. The second kappa shape index (κ2) is 7.10. The van der Waals surface area contributed by atoms with Crippen LogP contribution in [0.2, 0.25) is 5.02 Å². The molecule has 0 saturated heterocycles. The van der Waals surface area contributed by atoms with Gasteiger partial charge in [-0.15, -0.1) is 0 Å². The third-order valence-electron chi connectivity index (χ3n) is 4.11. The number of hydrogen-bond donors (Lipinski definition) is 0. The van der Waals surface area contributed by atoms with E-state index in [1.165, 1.54) is 0 Å². The summed E-state index contributed by atoms with van der Waals surface area (Å²) in [6.45, 7) is 4.38. The van der Waals surface area contributed by atoms with E-state index in [0.29, 0.717) is 23.0 Å². The zero-order valence-electron chi connectivity index (χ0n) is 13.8. The van der Waals surface area contributed by atoms with E-state index < -0.39 is 0 Å². The Labute approximate surface area is 145 Å². The molecular weight excluding hydrogens is 324 g/mol. The largest absolute Gasteiger partial charge is 0.489 e. The van der Waals surface area contributed by atoms with Crippen molar-refractivity contribution in [3.63, 3.8) is 0 Å². The van der Waals surface area contributed by atoms with Gasteiger partial charge in [-0.05, 0) is 37.1 Å². The van der Waals surface area contributed by atoms with Crippen LogP contribution in [0.3, 0.4) is 0 Å². The third kappa shape index (κ3) is 3.31. The second-order valence-corrected chi connectivity index (χ2v) is 6.19. The van der Waals surface area contributed by atoms with Crippen molar-refractivity contribution in [1.82, 2.24) is 0 Å². The van der Waals surface area contributed by atoms with Crippen molar-refractivity contribution in [3.05, 3.63) is 74.6 Å². The quantitative estimate of drug-likeness (QED) is 0.592. The van der Waals surface area contributed by atoms with Gasteiger partial charge >= 0.3 is 5.63 Å². The van der Waals surface area contributed by atoms with Crippen molar-refractivity contribution in [2.24, 2.45) is 0 Å². The van der Waals surface area contributed by atoms with Gasteiger partial charge in [0.25, 0.3) is 0 Å². The molecule has 1 aromatic heterocycles. The first-order valence-electron chi connectivity index (χ1n) is 8.02. The molecule has 0 saturated carbocycles. The fourth-order valence-electron chi connectivity index (χ4n) is 2.78. The predicted octanol–water partition coefficient (Wildman–Crippen LogP) is 5.29. The van der Waals surface area contributed by atoms with E-state index in [0.717, 1.165) is 34.9 Å². The van der Waals surface area contributed by atoms with Gasteiger partial charge in [-0.2, -0.15) is 0 Å². The number of halogens is 1. The Kier molecular flexibility index (Phi) is 4.91. The van der Waals surface area contributed by atoms with Crippen molar-refractivity contribution in [2.75, 3.05) is 0 Å². The Morgan fingerprint density at radius 2 is 1.96 bits per heavy atom. The molecule has 24 heavy (non-hydrogen) atoms. The summed E-state index contributed by atoms with van der Waals surface area (Å²) >= 11 is 6.13. The molecule has 0 bridgehead atoms. The lowest BCUT2D eigenvalue weighted by Crippen LogP contribution is -2.10. The van der Waals surface area contributed by atoms with Crippen LogP contribution in [0.25, 0.3) is 11.0 Å². The molecule has 0 aliphatic carbocycles. The van der Waals surface area contributed by atoms with E-state index in [4.69, 9.17) is 20.8 Å². The van der Waals surface area contributed by atoms with Gasteiger partial charge < -0.3 is 9.15 Å². The van der Waals surface area contributed by atoms with Crippen LogP contribution in [-0.2, 0) is 13.0 Å². The molecule has 0 aliphatic rings. The molecule has 0 fully saturated rings. The minimum Gasteiger partial charge on any atom is -0.489 e. The highest BCUT2D eigenvalue weighted by Gasteiger charge is 2.11. The van der Waals surface area contributed by atoms with Crippen LogP contribution >= 0.6 is 11.6 Å². The summed E-state index contributed by atoms with van der Waals surface area (Å²) < 4.78 is 11.3. The maximum Gasteiger partial charge on any atom is 0.339 e. The molecule has 0 atom stereocenters. The van der Waals surface area contributed by atoms with Gasteiger partial charge in [0.1, 0.15) is 17.9 Å². The number of hydrogen-bond acceptors (Lipinski definition) is 3. The first kappa shape index (κ1) is 16.6. The molecule has 0 N–H and O–H groups in total. The van der Waals surface area contributed by atoms with Crippen molar-refractivity contribution in [2.45, 2.75) is 33.3 Å². The number of rotatable bonds is 5. The highest BCUT2D eigenvalue weighted by atomic mass is 35.5. The van der Waals surface area contributed by atoms with Gasteiger partial charge in [0.2, 0.25) is 0 Å². The molecule has 4 heteroatoms. The molecule has 2 aromatic carbocycles. The Balaban J connectivity index is 1.90. The standard InChI is InChI=1S/C20H19ClO3/c1-3-6-17-13(2)16-10-9-15(11-19(16)24-20(17)22)23-12-14-7-4-5-8-18(14)21/h4-5,7-11H,3,6,12H2,1-2H3. The number of benzene rings is 2. The smallest absolute Gasteiger partial charge is 0.339 e. The van der Waals surface area contributed by atoms with Gasteiger partial charge in [-0.25, -0.2) is 4.79 Å². The van der Waals surface area contributed by atoms with Crippen LogP contribution in [0.1, 0.15) is 30.0 Å². The molecular formula is C20H19ClO3. The molecule has 0 spiro atoms. The summed E-state index contributed by atoms with van der Waals surface area (Å²) in [5.74, 6) is 0.646. The molecule has 0 unspecified atom stereocenters. The molecule has 3 rings (SSSR count). The van der Waals surface area contributed by atoms with Gasteiger partial charge in [-0.1, -0.05) is 43.1 Å². The van der Waals surface area contributed by atoms with Crippen molar-refractivity contribution in [1.29, 1.82) is 0 Å². The normalized spacial score (nSPS) is 11.0. The van der Waals surface area contributed by atoms with Gasteiger partial charge in [0, 0.05) is 27.6 Å². The van der Waals surface area contributed by atoms with E-state index in [9.17, 15) is 4.79 Å². The molecule has 0 aliphatic heterocycles. The van der Waals surface area contributed by atoms with E-state index in [1.54, 1.807) is 6.07 Å². The topological polar surface area (TPSA) is 39.4 Å². The minimum atomic E-state index is -0.259. The first-order chi connectivity index (χ1) is 11.6. The summed E-state index contributed by atoms with van der Waals surface area (Å²) in [6.07, 6.45) is 1.64. The van der Waals surface area contributed by atoms with Crippen LogP contribution < -0.4 is 10.4 Å². The maximum absolute atomic E-state index is 12.2. The zero-order chi connectivity index (χ0) is 17.1. The molecule has 3 nitrogen and oxygen atoms in total. The number of ether oxygens (including phenoxy) is 1. The first-order valence-corrected chi connectivity index (χ1v) is 8.40. The highest BCUT2D eigenvalue weighted by Crippen LogP contribution is 2.26. The Bertz CT molecular complexity index is 928. The van der Waals surface area contributed by atoms with E-state index in [2.05, 4.69) is 6.92 Å². The molecule has 1 heterocycles.